The molecule has 4 atom stereocenters. The van der Waals surface area contributed by atoms with Gasteiger partial charge >= 0.3 is 0 Å². The SMILES string of the molecule is [B]C1CC(CC)C(CC)C1C. The second-order valence-corrected chi connectivity index (χ2v) is 4.00. The van der Waals surface area contributed by atoms with Crippen LogP contribution >= 0.6 is 0 Å². The van der Waals surface area contributed by atoms with Crippen LogP contribution in [0.2, 0.25) is 5.82 Å². The van der Waals surface area contributed by atoms with Crippen molar-refractivity contribution in [1.82, 2.24) is 0 Å². The highest BCUT2D eigenvalue weighted by atomic mass is 14.4. The minimum absolute atomic E-state index is 0.477. The Labute approximate surface area is 72.2 Å². The van der Waals surface area contributed by atoms with Crippen LogP contribution in [0.3, 0.4) is 0 Å². The van der Waals surface area contributed by atoms with E-state index in [1.54, 1.807) is 0 Å². The Morgan fingerprint density at radius 2 is 1.91 bits per heavy atom. The summed E-state index contributed by atoms with van der Waals surface area (Å²) in [5, 5.41) is 0. The molecule has 4 unspecified atom stereocenters. The van der Waals surface area contributed by atoms with Crippen LogP contribution in [0, 0.1) is 17.8 Å². The zero-order chi connectivity index (χ0) is 8.43. The van der Waals surface area contributed by atoms with Crippen molar-refractivity contribution in [2.24, 2.45) is 17.8 Å². The van der Waals surface area contributed by atoms with Gasteiger partial charge in [0.2, 0.25) is 0 Å². The second-order valence-electron chi connectivity index (χ2n) is 4.00. The van der Waals surface area contributed by atoms with Crippen LogP contribution in [-0.2, 0) is 0 Å². The second kappa shape index (κ2) is 3.64. The Hall–Kier alpha value is 0.0649. The van der Waals surface area contributed by atoms with Crippen molar-refractivity contribution in [3.63, 3.8) is 0 Å². The molecule has 0 aromatic carbocycles. The van der Waals surface area contributed by atoms with Crippen LogP contribution in [0.25, 0.3) is 0 Å². The molecule has 0 heterocycles. The van der Waals surface area contributed by atoms with E-state index in [2.05, 4.69) is 20.8 Å². The number of rotatable bonds is 2. The molecule has 0 spiro atoms. The van der Waals surface area contributed by atoms with Gasteiger partial charge in [-0.15, -0.1) is 0 Å². The molecule has 0 saturated heterocycles. The van der Waals surface area contributed by atoms with Gasteiger partial charge in [0.05, 0.1) is 7.85 Å². The van der Waals surface area contributed by atoms with Crippen molar-refractivity contribution < 1.29 is 0 Å². The van der Waals surface area contributed by atoms with E-state index in [4.69, 9.17) is 7.85 Å². The van der Waals surface area contributed by atoms with E-state index >= 15 is 0 Å². The first-order chi connectivity index (χ1) is 5.20. The average Bonchev–Trinajstić information content (AvgIpc) is 2.28. The smallest absolute Gasteiger partial charge is 0.0703 e. The summed E-state index contributed by atoms with van der Waals surface area (Å²) < 4.78 is 0. The third-order valence-corrected chi connectivity index (χ3v) is 3.53. The fourth-order valence-electron chi connectivity index (χ4n) is 2.66. The van der Waals surface area contributed by atoms with Gasteiger partial charge in [-0.25, -0.2) is 0 Å². The normalized spacial score (nSPS) is 44.6. The first-order valence-electron chi connectivity index (χ1n) is 4.96. The molecule has 1 rings (SSSR count). The third-order valence-electron chi connectivity index (χ3n) is 3.53. The van der Waals surface area contributed by atoms with E-state index in [9.17, 15) is 0 Å². The quantitative estimate of drug-likeness (QED) is 0.530. The largest absolute Gasteiger partial charge is 0.0743 e. The van der Waals surface area contributed by atoms with Crippen LogP contribution < -0.4 is 0 Å². The lowest BCUT2D eigenvalue weighted by atomic mass is 9.77. The molecular weight excluding hydrogens is 131 g/mol. The molecule has 0 N–H and O–H groups in total. The monoisotopic (exact) mass is 150 g/mol. The lowest BCUT2D eigenvalue weighted by Gasteiger charge is -2.20. The summed E-state index contributed by atoms with van der Waals surface area (Å²) in [5.41, 5.74) is 0. The standard InChI is InChI=1S/C10H19B/c1-4-8-6-10(11)7(3)9(8)5-2/h7-10H,4-6H2,1-3H3. The highest BCUT2D eigenvalue weighted by Crippen LogP contribution is 2.46. The van der Waals surface area contributed by atoms with Crippen LogP contribution in [0.1, 0.15) is 40.0 Å². The summed E-state index contributed by atoms with van der Waals surface area (Å²) in [4.78, 5) is 0. The Kier molecular flexibility index (Phi) is 3.03. The summed E-state index contributed by atoms with van der Waals surface area (Å²) in [6.45, 7) is 6.90. The van der Waals surface area contributed by atoms with Crippen molar-refractivity contribution in [3.8, 4) is 0 Å². The van der Waals surface area contributed by atoms with E-state index in [-0.39, 0.29) is 0 Å². The highest BCUT2D eigenvalue weighted by Gasteiger charge is 2.35. The zero-order valence-corrected chi connectivity index (χ0v) is 8.01. The summed E-state index contributed by atoms with van der Waals surface area (Å²) >= 11 is 0. The van der Waals surface area contributed by atoms with Gasteiger partial charge < -0.3 is 0 Å². The van der Waals surface area contributed by atoms with Crippen LogP contribution in [0.5, 0.6) is 0 Å². The maximum absolute atomic E-state index is 6.01. The average molecular weight is 150 g/mol. The molecule has 0 aromatic heterocycles. The van der Waals surface area contributed by atoms with Crippen molar-refractivity contribution in [1.29, 1.82) is 0 Å². The fourth-order valence-corrected chi connectivity index (χ4v) is 2.66. The van der Waals surface area contributed by atoms with Crippen molar-refractivity contribution in [2.75, 3.05) is 0 Å². The van der Waals surface area contributed by atoms with Gasteiger partial charge in [-0.2, -0.15) is 0 Å². The Morgan fingerprint density at radius 1 is 1.27 bits per heavy atom. The van der Waals surface area contributed by atoms with Gasteiger partial charge in [0.1, 0.15) is 0 Å². The summed E-state index contributed by atoms with van der Waals surface area (Å²) in [6.07, 6.45) is 3.89. The van der Waals surface area contributed by atoms with Crippen molar-refractivity contribution in [2.45, 2.75) is 45.9 Å². The maximum atomic E-state index is 6.01. The van der Waals surface area contributed by atoms with Crippen LogP contribution in [0.4, 0.5) is 0 Å². The Bertz CT molecular complexity index is 122. The van der Waals surface area contributed by atoms with E-state index in [1.807, 2.05) is 0 Å². The minimum Gasteiger partial charge on any atom is -0.0743 e. The molecule has 1 aliphatic rings. The maximum Gasteiger partial charge on any atom is 0.0703 e. The summed E-state index contributed by atoms with van der Waals surface area (Å²) in [5.74, 6) is 3.04. The van der Waals surface area contributed by atoms with Crippen molar-refractivity contribution >= 4 is 7.85 Å². The third kappa shape index (κ3) is 1.63. The van der Waals surface area contributed by atoms with Crippen LogP contribution in [0.15, 0.2) is 0 Å². The van der Waals surface area contributed by atoms with Crippen LogP contribution in [-0.4, -0.2) is 7.85 Å². The highest BCUT2D eigenvalue weighted by molar-refractivity contribution is 6.12. The van der Waals surface area contributed by atoms with Gasteiger partial charge in [-0.3, -0.25) is 0 Å². The van der Waals surface area contributed by atoms with Crippen molar-refractivity contribution in [3.05, 3.63) is 0 Å². The van der Waals surface area contributed by atoms with Gasteiger partial charge in [-0.05, 0) is 17.8 Å². The van der Waals surface area contributed by atoms with E-state index in [0.29, 0.717) is 5.82 Å². The Morgan fingerprint density at radius 3 is 2.27 bits per heavy atom. The fraction of sp³-hybridized carbons (Fsp3) is 1.00. The molecule has 1 fully saturated rings. The van der Waals surface area contributed by atoms with E-state index in [0.717, 1.165) is 17.8 Å². The molecular formula is C10H19B. The predicted octanol–water partition coefficient (Wildman–Crippen LogP) is 3.04. The molecule has 0 amide bonds. The molecule has 0 aromatic rings. The van der Waals surface area contributed by atoms with Gasteiger partial charge in [0.15, 0.2) is 0 Å². The van der Waals surface area contributed by atoms with Gasteiger partial charge in [-0.1, -0.05) is 45.9 Å². The molecule has 1 heteroatoms. The first-order valence-corrected chi connectivity index (χ1v) is 4.96. The molecule has 0 aliphatic heterocycles. The summed E-state index contributed by atoms with van der Waals surface area (Å²) in [7, 11) is 6.01. The van der Waals surface area contributed by atoms with Gasteiger partial charge in [0.25, 0.3) is 0 Å². The zero-order valence-electron chi connectivity index (χ0n) is 8.01. The van der Waals surface area contributed by atoms with Gasteiger partial charge in [0, 0.05) is 0 Å². The van der Waals surface area contributed by atoms with E-state index in [1.165, 1.54) is 19.3 Å². The Balaban J connectivity index is 2.57. The summed E-state index contributed by atoms with van der Waals surface area (Å²) in [6, 6.07) is 0. The molecule has 2 radical (unpaired) electrons. The number of hydrogen-bond donors (Lipinski definition) is 0. The molecule has 11 heavy (non-hydrogen) atoms. The molecule has 0 bridgehead atoms. The minimum atomic E-state index is 0.477. The topological polar surface area (TPSA) is 0 Å². The molecule has 0 nitrogen and oxygen atoms in total. The molecule has 1 aliphatic carbocycles. The predicted molar refractivity (Wildman–Crippen MR) is 50.8 cm³/mol. The number of hydrogen-bond acceptors (Lipinski definition) is 0. The molecule has 62 valence electrons. The first kappa shape index (κ1) is 9.16. The van der Waals surface area contributed by atoms with E-state index < -0.39 is 0 Å². The lowest BCUT2D eigenvalue weighted by Crippen LogP contribution is -2.11. The lowest BCUT2D eigenvalue weighted by molar-refractivity contribution is 0.310. The molecule has 1 saturated carbocycles.